The first-order chi connectivity index (χ1) is 33.7. The number of hydrogen-bond donors (Lipinski definition) is 4. The van der Waals surface area contributed by atoms with E-state index in [0.29, 0.717) is 74.0 Å². The first kappa shape index (κ1) is 53.6. The highest BCUT2D eigenvalue weighted by Gasteiger charge is 2.54. The number of hydrogen-bond acceptors (Lipinski definition) is 8. The van der Waals surface area contributed by atoms with Crippen molar-refractivity contribution in [2.75, 3.05) is 27.2 Å². The van der Waals surface area contributed by atoms with Crippen molar-refractivity contribution in [3.63, 3.8) is 0 Å². The molecule has 7 rings (SSSR count). The van der Waals surface area contributed by atoms with Gasteiger partial charge in [-0.15, -0.1) is 0 Å². The molecule has 4 aromatic rings. The molecule has 0 radical (unpaired) electrons. The number of aromatic amines is 2. The molecule has 1 spiro atoms. The quantitative estimate of drug-likeness (QED) is 0.0914. The zero-order valence-electron chi connectivity index (χ0n) is 44.0. The van der Waals surface area contributed by atoms with Gasteiger partial charge < -0.3 is 39.9 Å². The van der Waals surface area contributed by atoms with Crippen LogP contribution in [0.15, 0.2) is 36.4 Å². The van der Waals surface area contributed by atoms with Gasteiger partial charge in [0.05, 0.1) is 11.4 Å². The van der Waals surface area contributed by atoms with Gasteiger partial charge in [-0.3, -0.25) is 29.0 Å². The van der Waals surface area contributed by atoms with Gasteiger partial charge in [0.25, 0.3) is 0 Å². The molecule has 72 heavy (non-hydrogen) atoms. The Morgan fingerprint density at radius 2 is 1.14 bits per heavy atom. The van der Waals surface area contributed by atoms with Crippen LogP contribution in [0, 0.1) is 17.0 Å². The van der Waals surface area contributed by atoms with Crippen LogP contribution in [0.4, 0.5) is 18.4 Å². The van der Waals surface area contributed by atoms with Crippen molar-refractivity contribution in [3.8, 4) is 11.4 Å². The molecule has 3 fully saturated rings. The Morgan fingerprint density at radius 3 is 1.56 bits per heavy atom. The lowest BCUT2D eigenvalue weighted by Crippen LogP contribution is -2.55. The summed E-state index contributed by atoms with van der Waals surface area (Å²) < 4.78 is 41.1. The number of carbonyl (C=O) groups excluding carboxylic acids is 6. The molecule has 0 unspecified atom stereocenters. The number of aromatic nitrogens is 2. The van der Waals surface area contributed by atoms with Crippen LogP contribution in [0.3, 0.4) is 0 Å². The van der Waals surface area contributed by atoms with Gasteiger partial charge in [-0.1, -0.05) is 13.8 Å². The molecule has 4 N–H and O–H groups in total. The van der Waals surface area contributed by atoms with Crippen molar-refractivity contribution >= 4 is 57.6 Å². The lowest BCUT2D eigenvalue weighted by atomic mass is 9.93. The molecule has 2 saturated heterocycles. The Bertz CT molecular complexity index is 2720. The maximum absolute atomic E-state index is 15.1. The minimum absolute atomic E-state index is 0.0601. The number of rotatable bonds is 15. The van der Waals surface area contributed by atoms with Crippen LogP contribution in [-0.4, -0.2) is 140 Å². The summed E-state index contributed by atoms with van der Waals surface area (Å²) in [5.41, 5.74) is 2.47. The van der Waals surface area contributed by atoms with Crippen molar-refractivity contribution in [3.05, 3.63) is 59.2 Å². The smallest absolute Gasteiger partial charge is 0.410 e. The fourth-order valence-electron chi connectivity index (χ4n) is 10.3. The van der Waals surface area contributed by atoms with Gasteiger partial charge in [0.15, 0.2) is 0 Å². The topological polar surface area (TPSA) is 189 Å². The number of nitrogens with zero attached hydrogens (tertiary/aromatic N) is 4. The average Bonchev–Trinajstić information content (AvgIpc) is 3.60. The molecule has 2 aromatic carbocycles. The van der Waals surface area contributed by atoms with Crippen molar-refractivity contribution in [1.82, 2.24) is 40.2 Å². The van der Waals surface area contributed by atoms with E-state index in [2.05, 4.69) is 20.6 Å². The van der Waals surface area contributed by atoms with Crippen LogP contribution in [0.1, 0.15) is 125 Å². The SMILES string of the molecule is CC[C@H](NC(=O)[C@H](C)N(C)C(=O)OC(C)(C)C)C(=O)N1CCC[C@H]1Cc1c(-c2[nH]c3cc(F)ccc3c2C[C@@H]2CC3(CC3)CN2C(=O)[C@H](CC)NC(=O)[C@H](C)N(C)C(=O)OC(C)(C)C)[nH]c2cc(F)ccc12. The Labute approximate surface area is 421 Å². The fraction of sp³-hybridized carbons (Fsp3) is 0.593. The molecule has 6 atom stereocenters. The fourth-order valence-corrected chi connectivity index (χ4v) is 10.3. The van der Waals surface area contributed by atoms with Gasteiger partial charge in [0.2, 0.25) is 23.6 Å². The summed E-state index contributed by atoms with van der Waals surface area (Å²) in [6.07, 6.45) is 4.07. The third-order valence-electron chi connectivity index (χ3n) is 14.7. The standard InChI is InChI=1S/C54H74F2N8O8/c1-13-40(59-46(65)30(3)61(11)50(69)71-52(5,6)7)48(67)63-23-15-16-34(63)26-38-36-19-17-32(55)24-42(36)57-44(38)45-39(37-20-18-33(56)25-43(37)58-45)27-35-28-54(21-22-54)29-64(35)49(68)41(14-2)60-47(66)31(4)62(12)51(70)72-53(8,9)10/h17-20,24-25,30-31,34-35,40-41,57-58H,13-16,21-23,26-29H2,1-12H3,(H,59,65)(H,60,66)/t30-,31-,34-,35+,40-,41-/m0/s1. The number of likely N-dealkylation sites (N-methyl/N-ethyl adjacent to an activating group) is 2. The van der Waals surface area contributed by atoms with E-state index in [9.17, 15) is 28.8 Å². The molecule has 16 nitrogen and oxygen atoms in total. The minimum Gasteiger partial charge on any atom is -0.444 e. The lowest BCUT2D eigenvalue weighted by Gasteiger charge is -2.32. The molecule has 0 bridgehead atoms. The summed E-state index contributed by atoms with van der Waals surface area (Å²) in [7, 11) is 2.97. The van der Waals surface area contributed by atoms with Crippen LogP contribution < -0.4 is 10.6 Å². The summed E-state index contributed by atoms with van der Waals surface area (Å²) in [6, 6.07) is 4.96. The summed E-state index contributed by atoms with van der Waals surface area (Å²) in [4.78, 5) is 95.2. The second-order valence-corrected chi connectivity index (χ2v) is 22.4. The first-order valence-corrected chi connectivity index (χ1v) is 25.5. The van der Waals surface area contributed by atoms with Crippen LogP contribution in [0.5, 0.6) is 0 Å². The van der Waals surface area contributed by atoms with E-state index in [1.54, 1.807) is 72.4 Å². The highest BCUT2D eigenvalue weighted by molar-refractivity contribution is 5.97. The minimum atomic E-state index is -0.921. The maximum Gasteiger partial charge on any atom is 0.410 e. The van der Waals surface area contributed by atoms with Gasteiger partial charge >= 0.3 is 12.2 Å². The van der Waals surface area contributed by atoms with Crippen LogP contribution in [0.2, 0.25) is 0 Å². The Balaban J connectivity index is 1.18. The van der Waals surface area contributed by atoms with Gasteiger partial charge in [0.1, 0.15) is 47.0 Å². The van der Waals surface area contributed by atoms with Crippen LogP contribution in [-0.2, 0) is 41.5 Å². The van der Waals surface area contributed by atoms with Gasteiger partial charge in [0, 0.05) is 61.1 Å². The predicted molar refractivity (Wildman–Crippen MR) is 271 cm³/mol. The molecular weight excluding hydrogens is 927 g/mol. The number of nitrogens with one attached hydrogen (secondary N) is 4. The summed E-state index contributed by atoms with van der Waals surface area (Å²) >= 11 is 0. The molecular formula is C54H74F2N8O8. The van der Waals surface area contributed by atoms with E-state index in [4.69, 9.17) is 9.47 Å². The predicted octanol–water partition coefficient (Wildman–Crippen LogP) is 8.35. The molecule has 4 heterocycles. The van der Waals surface area contributed by atoms with E-state index in [1.807, 2.05) is 18.7 Å². The Kier molecular flexibility index (Phi) is 15.4. The molecule has 3 aliphatic rings. The van der Waals surface area contributed by atoms with E-state index in [1.165, 1.54) is 48.2 Å². The second-order valence-electron chi connectivity index (χ2n) is 22.4. The highest BCUT2D eigenvalue weighted by Crippen LogP contribution is 2.56. The third-order valence-corrected chi connectivity index (χ3v) is 14.7. The van der Waals surface area contributed by atoms with Gasteiger partial charge in [-0.05, 0) is 166 Å². The van der Waals surface area contributed by atoms with E-state index in [-0.39, 0.29) is 29.3 Å². The average molecular weight is 1000 g/mol. The van der Waals surface area contributed by atoms with Gasteiger partial charge in [-0.2, -0.15) is 0 Å². The molecule has 6 amide bonds. The Morgan fingerprint density at radius 1 is 0.708 bits per heavy atom. The molecule has 1 aliphatic carbocycles. The summed E-state index contributed by atoms with van der Waals surface area (Å²) in [6.45, 7) is 18.2. The molecule has 392 valence electrons. The molecule has 1 saturated carbocycles. The van der Waals surface area contributed by atoms with E-state index >= 15 is 8.78 Å². The van der Waals surface area contributed by atoms with Crippen molar-refractivity contribution in [2.24, 2.45) is 5.41 Å². The zero-order valence-corrected chi connectivity index (χ0v) is 44.0. The number of H-pyrrole nitrogens is 2. The van der Waals surface area contributed by atoms with E-state index < -0.39 is 71.0 Å². The number of halogens is 2. The van der Waals surface area contributed by atoms with Crippen molar-refractivity contribution in [2.45, 2.75) is 174 Å². The van der Waals surface area contributed by atoms with Gasteiger partial charge in [-0.25, -0.2) is 18.4 Å². The largest absolute Gasteiger partial charge is 0.444 e. The number of amides is 6. The number of ether oxygens (including phenoxy) is 2. The molecule has 18 heteroatoms. The molecule has 2 aliphatic heterocycles. The summed E-state index contributed by atoms with van der Waals surface area (Å²) in [5.74, 6) is -2.33. The number of likely N-dealkylation sites (tertiary alicyclic amines) is 2. The third kappa shape index (κ3) is 11.7. The van der Waals surface area contributed by atoms with Crippen molar-refractivity contribution < 1.29 is 47.0 Å². The lowest BCUT2D eigenvalue weighted by molar-refractivity contribution is -0.138. The zero-order chi connectivity index (χ0) is 52.8. The highest BCUT2D eigenvalue weighted by atomic mass is 19.1. The van der Waals surface area contributed by atoms with E-state index in [0.717, 1.165) is 41.2 Å². The normalized spacial score (nSPS) is 19.2. The van der Waals surface area contributed by atoms with Crippen LogP contribution in [0.25, 0.3) is 33.2 Å². The first-order valence-electron chi connectivity index (χ1n) is 25.5. The summed E-state index contributed by atoms with van der Waals surface area (Å²) in [5, 5.41) is 7.32. The number of benzene rings is 2. The Hall–Kier alpha value is -6.20. The number of carbonyl (C=O) groups is 6. The number of fused-ring (bicyclic) bond motifs is 2. The maximum atomic E-state index is 15.1. The monoisotopic (exact) mass is 1000 g/mol. The van der Waals surface area contributed by atoms with Crippen LogP contribution >= 0.6 is 0 Å². The second kappa shape index (κ2) is 20.7. The van der Waals surface area contributed by atoms with Crippen molar-refractivity contribution in [1.29, 1.82) is 0 Å². The molecule has 2 aromatic heterocycles.